The van der Waals surface area contributed by atoms with Crippen LogP contribution >= 0.6 is 0 Å². The van der Waals surface area contributed by atoms with E-state index < -0.39 is 6.04 Å². The van der Waals surface area contributed by atoms with E-state index in [1.165, 1.54) is 6.92 Å². The second kappa shape index (κ2) is 11.9. The molecule has 0 saturated heterocycles. The number of aromatic nitrogens is 3. The first-order chi connectivity index (χ1) is 17.9. The van der Waals surface area contributed by atoms with Crippen molar-refractivity contribution in [3.63, 3.8) is 0 Å². The number of hydrogen-bond donors (Lipinski definition) is 2. The maximum absolute atomic E-state index is 13.3. The minimum atomic E-state index is -0.576. The third kappa shape index (κ3) is 6.75. The number of carbonyl (C=O) groups excluding carboxylic acids is 2. The van der Waals surface area contributed by atoms with Crippen LogP contribution in [0.4, 0.5) is 5.82 Å². The molecule has 2 atom stereocenters. The summed E-state index contributed by atoms with van der Waals surface area (Å²) in [6.45, 7) is 4.38. The topological polar surface area (TPSA) is 113 Å². The molecule has 1 unspecified atom stereocenters. The highest BCUT2D eigenvalue weighted by atomic mass is 16.2. The van der Waals surface area contributed by atoms with Crippen LogP contribution in [-0.2, 0) is 16.1 Å². The first-order valence-electron chi connectivity index (χ1n) is 12.0. The molecule has 8 nitrogen and oxygen atoms in total. The summed E-state index contributed by atoms with van der Waals surface area (Å²) in [6.07, 6.45) is 5.15. The molecule has 186 valence electrons. The minimum absolute atomic E-state index is 0.0266. The van der Waals surface area contributed by atoms with Crippen LogP contribution in [0.1, 0.15) is 42.5 Å². The molecule has 37 heavy (non-hydrogen) atoms. The standard InChI is InChI=1S/C29H28N6O2/c1-20(23-10-8-22(14-30)9-11-23)15-32-28(24-6-4-3-5-7-24)29(37)34-27-13-12-25(16-31-27)26-17-33-35(19-26)18-21(2)36/h3-13,16-17,19-20,28,32H,15,18H2,1-2H3,(H,31,34,37)/t20-,28?/m1/s1. The molecule has 0 fully saturated rings. The number of ketones is 1. The van der Waals surface area contributed by atoms with Crippen LogP contribution < -0.4 is 10.6 Å². The Morgan fingerprint density at radius 1 is 0.973 bits per heavy atom. The fourth-order valence-corrected chi connectivity index (χ4v) is 3.97. The van der Waals surface area contributed by atoms with Crippen LogP contribution in [0.5, 0.6) is 0 Å². The second-order valence-electron chi connectivity index (χ2n) is 8.94. The number of pyridine rings is 1. The lowest BCUT2D eigenvalue weighted by molar-refractivity contribution is -0.118. The molecule has 4 rings (SSSR count). The molecule has 8 heteroatoms. The largest absolute Gasteiger partial charge is 0.309 e. The van der Waals surface area contributed by atoms with E-state index >= 15 is 0 Å². The van der Waals surface area contributed by atoms with Gasteiger partial charge in [-0.3, -0.25) is 14.3 Å². The van der Waals surface area contributed by atoms with Gasteiger partial charge in [0.05, 0.1) is 24.4 Å². The Hall–Kier alpha value is -4.61. The second-order valence-corrected chi connectivity index (χ2v) is 8.94. The predicted molar refractivity (Wildman–Crippen MR) is 142 cm³/mol. The average molecular weight is 493 g/mol. The van der Waals surface area contributed by atoms with Crippen LogP contribution in [0.15, 0.2) is 85.3 Å². The van der Waals surface area contributed by atoms with Crippen LogP contribution in [0, 0.1) is 11.3 Å². The Labute approximate surface area is 216 Å². The Morgan fingerprint density at radius 3 is 2.38 bits per heavy atom. The highest BCUT2D eigenvalue weighted by Crippen LogP contribution is 2.22. The van der Waals surface area contributed by atoms with Gasteiger partial charge in [0.2, 0.25) is 5.91 Å². The number of rotatable bonds is 10. The molecule has 1 amide bonds. The first kappa shape index (κ1) is 25.5. The SMILES string of the molecule is CC(=O)Cn1cc(-c2ccc(NC(=O)C(NC[C@@H](C)c3ccc(C#N)cc3)c3ccccc3)nc2)cn1. The van der Waals surface area contributed by atoms with E-state index in [9.17, 15) is 9.59 Å². The van der Waals surface area contributed by atoms with E-state index in [-0.39, 0.29) is 24.2 Å². The van der Waals surface area contributed by atoms with Gasteiger partial charge in [-0.2, -0.15) is 10.4 Å². The van der Waals surface area contributed by atoms with Gasteiger partial charge in [-0.15, -0.1) is 0 Å². The molecule has 0 aliphatic carbocycles. The van der Waals surface area contributed by atoms with Gasteiger partial charge in [-0.05, 0) is 48.2 Å². The van der Waals surface area contributed by atoms with Gasteiger partial charge in [-0.25, -0.2) is 4.98 Å². The summed E-state index contributed by atoms with van der Waals surface area (Å²) in [5.74, 6) is 0.382. The van der Waals surface area contributed by atoms with Crippen LogP contribution in [0.25, 0.3) is 11.1 Å². The lowest BCUT2D eigenvalue weighted by atomic mass is 9.98. The molecule has 0 bridgehead atoms. The summed E-state index contributed by atoms with van der Waals surface area (Å²) >= 11 is 0. The first-order valence-corrected chi connectivity index (χ1v) is 12.0. The summed E-state index contributed by atoms with van der Waals surface area (Å²) in [7, 11) is 0. The van der Waals surface area contributed by atoms with Crippen LogP contribution in [0.3, 0.4) is 0 Å². The number of carbonyl (C=O) groups is 2. The highest BCUT2D eigenvalue weighted by Gasteiger charge is 2.22. The molecule has 2 heterocycles. The van der Waals surface area contributed by atoms with Crippen molar-refractivity contribution in [2.45, 2.75) is 32.4 Å². The van der Waals surface area contributed by atoms with Crippen molar-refractivity contribution in [1.82, 2.24) is 20.1 Å². The smallest absolute Gasteiger partial charge is 0.247 e. The van der Waals surface area contributed by atoms with E-state index in [0.29, 0.717) is 17.9 Å². The Balaban J connectivity index is 1.44. The number of nitrogens with one attached hydrogen (secondary N) is 2. The Bertz CT molecular complexity index is 1390. The molecule has 0 radical (unpaired) electrons. The number of benzene rings is 2. The van der Waals surface area contributed by atoms with Crippen molar-refractivity contribution in [3.05, 3.63) is 102 Å². The maximum atomic E-state index is 13.3. The summed E-state index contributed by atoms with van der Waals surface area (Å²) in [5, 5.41) is 19.5. The Kier molecular flexibility index (Phi) is 8.18. The normalized spacial score (nSPS) is 12.4. The van der Waals surface area contributed by atoms with E-state index in [2.05, 4.69) is 33.7 Å². The van der Waals surface area contributed by atoms with Crippen molar-refractivity contribution < 1.29 is 9.59 Å². The molecule has 0 aliphatic rings. The number of amides is 1. The summed E-state index contributed by atoms with van der Waals surface area (Å²) in [6, 6.07) is 22.2. The number of Topliss-reactive ketones (excluding diaryl/α,β-unsaturated/α-hetero) is 1. The van der Waals surface area contributed by atoms with Gasteiger partial charge in [0.25, 0.3) is 0 Å². The number of hydrogen-bond acceptors (Lipinski definition) is 6. The third-order valence-corrected chi connectivity index (χ3v) is 6.00. The summed E-state index contributed by atoms with van der Waals surface area (Å²) in [4.78, 5) is 29.0. The lowest BCUT2D eigenvalue weighted by Crippen LogP contribution is -2.35. The van der Waals surface area contributed by atoms with Crippen molar-refractivity contribution in [2.24, 2.45) is 0 Å². The van der Waals surface area contributed by atoms with Gasteiger partial charge < -0.3 is 10.6 Å². The maximum Gasteiger partial charge on any atom is 0.247 e. The van der Waals surface area contributed by atoms with Crippen molar-refractivity contribution in [2.75, 3.05) is 11.9 Å². The molecule has 0 saturated carbocycles. The molecule has 0 spiro atoms. The summed E-state index contributed by atoms with van der Waals surface area (Å²) in [5.41, 5.74) is 4.23. The van der Waals surface area contributed by atoms with Crippen molar-refractivity contribution >= 4 is 17.5 Å². The van der Waals surface area contributed by atoms with E-state index in [0.717, 1.165) is 22.3 Å². The van der Waals surface area contributed by atoms with Gasteiger partial charge in [0.1, 0.15) is 11.9 Å². The quantitative estimate of drug-likeness (QED) is 0.338. The monoisotopic (exact) mass is 492 g/mol. The molecule has 2 N–H and O–H groups in total. The van der Waals surface area contributed by atoms with Crippen LogP contribution in [-0.4, -0.2) is 33.0 Å². The zero-order chi connectivity index (χ0) is 26.2. The predicted octanol–water partition coefficient (Wildman–Crippen LogP) is 4.48. The fraction of sp³-hybridized carbons (Fsp3) is 0.207. The zero-order valence-electron chi connectivity index (χ0n) is 20.8. The number of nitrogens with zero attached hydrogens (tertiary/aromatic N) is 4. The zero-order valence-corrected chi connectivity index (χ0v) is 20.8. The van der Waals surface area contributed by atoms with Gasteiger partial charge in [-0.1, -0.05) is 49.4 Å². The van der Waals surface area contributed by atoms with Gasteiger partial charge >= 0.3 is 0 Å². The minimum Gasteiger partial charge on any atom is -0.309 e. The highest BCUT2D eigenvalue weighted by molar-refractivity contribution is 5.95. The van der Waals surface area contributed by atoms with E-state index in [1.807, 2.05) is 48.5 Å². The number of anilines is 1. The average Bonchev–Trinajstić information content (AvgIpc) is 3.37. The Morgan fingerprint density at radius 2 is 1.73 bits per heavy atom. The summed E-state index contributed by atoms with van der Waals surface area (Å²) < 4.78 is 1.59. The third-order valence-electron chi connectivity index (χ3n) is 6.00. The molecule has 2 aromatic carbocycles. The van der Waals surface area contributed by atoms with Crippen molar-refractivity contribution in [1.29, 1.82) is 5.26 Å². The van der Waals surface area contributed by atoms with E-state index in [1.54, 1.807) is 41.5 Å². The lowest BCUT2D eigenvalue weighted by Gasteiger charge is -2.21. The molecular formula is C29H28N6O2. The molecular weight excluding hydrogens is 464 g/mol. The molecule has 0 aliphatic heterocycles. The van der Waals surface area contributed by atoms with Gasteiger partial charge in [0, 0.05) is 30.1 Å². The number of nitriles is 1. The molecule has 4 aromatic rings. The van der Waals surface area contributed by atoms with Crippen molar-refractivity contribution in [3.8, 4) is 17.2 Å². The fourth-order valence-electron chi connectivity index (χ4n) is 3.97. The van der Waals surface area contributed by atoms with E-state index in [4.69, 9.17) is 5.26 Å². The van der Waals surface area contributed by atoms with Crippen LogP contribution in [0.2, 0.25) is 0 Å². The van der Waals surface area contributed by atoms with Gasteiger partial charge in [0.15, 0.2) is 5.78 Å². The molecule has 2 aromatic heterocycles.